The van der Waals surface area contributed by atoms with Gasteiger partial charge in [0.15, 0.2) is 5.16 Å². The third-order valence-electron chi connectivity index (χ3n) is 4.14. The number of aryl methyl sites for hydroxylation is 1. The van der Waals surface area contributed by atoms with Crippen LogP contribution in [0.25, 0.3) is 0 Å². The molecule has 0 saturated carbocycles. The Balaban J connectivity index is 1.64. The van der Waals surface area contributed by atoms with Gasteiger partial charge in [0.05, 0.1) is 24.2 Å². The summed E-state index contributed by atoms with van der Waals surface area (Å²) in [6.07, 6.45) is 0. The average Bonchev–Trinajstić information content (AvgIpc) is 2.98. The summed E-state index contributed by atoms with van der Waals surface area (Å²) in [4.78, 5) is 14.7. The molecule has 2 aromatic rings. The first kappa shape index (κ1) is 19.2. The summed E-state index contributed by atoms with van der Waals surface area (Å²) in [6, 6.07) is 5.84. The van der Waals surface area contributed by atoms with Gasteiger partial charge in [-0.15, -0.1) is 10.2 Å². The smallest absolute Gasteiger partial charge is 0.237 e. The molecule has 140 valence electrons. The molecular weight excluding hydrogens is 418 g/mol. The fourth-order valence-electron chi connectivity index (χ4n) is 2.62. The largest absolute Gasteiger partial charge is 0.378 e. The van der Waals surface area contributed by atoms with Gasteiger partial charge in [0, 0.05) is 24.6 Å². The first-order valence-electron chi connectivity index (χ1n) is 8.41. The molecule has 1 N–H and O–H groups in total. The number of amides is 1. The van der Waals surface area contributed by atoms with Gasteiger partial charge in [-0.3, -0.25) is 9.36 Å². The zero-order valence-electron chi connectivity index (χ0n) is 15.0. The normalized spacial score (nSPS) is 15.8. The highest BCUT2D eigenvalue weighted by molar-refractivity contribution is 9.10. The number of aromatic nitrogens is 3. The van der Waals surface area contributed by atoms with Crippen LogP contribution in [-0.2, 0) is 16.6 Å². The van der Waals surface area contributed by atoms with Crippen LogP contribution in [0.5, 0.6) is 0 Å². The van der Waals surface area contributed by atoms with Crippen LogP contribution < -0.4 is 10.2 Å². The van der Waals surface area contributed by atoms with Crippen LogP contribution in [0.15, 0.2) is 27.8 Å². The number of hydrogen-bond acceptors (Lipinski definition) is 6. The first-order chi connectivity index (χ1) is 12.5. The number of hydrogen-bond donors (Lipinski definition) is 1. The van der Waals surface area contributed by atoms with E-state index in [0.29, 0.717) is 13.2 Å². The second-order valence-electron chi connectivity index (χ2n) is 6.17. The van der Waals surface area contributed by atoms with E-state index in [0.717, 1.165) is 39.9 Å². The topological polar surface area (TPSA) is 72.3 Å². The second-order valence-corrected chi connectivity index (χ2v) is 8.34. The third kappa shape index (κ3) is 4.39. The molecule has 2 heterocycles. The Labute approximate surface area is 165 Å². The lowest BCUT2D eigenvalue weighted by Crippen LogP contribution is -2.37. The molecule has 9 heteroatoms. The monoisotopic (exact) mass is 439 g/mol. The maximum Gasteiger partial charge on any atom is 0.237 e. The number of nitrogens with one attached hydrogen (secondary N) is 1. The summed E-state index contributed by atoms with van der Waals surface area (Å²) in [5, 5.41) is 11.9. The lowest BCUT2D eigenvalue weighted by molar-refractivity contribution is -0.115. The number of anilines is 2. The molecule has 0 radical (unpaired) electrons. The van der Waals surface area contributed by atoms with Crippen molar-refractivity contribution in [2.75, 3.05) is 36.5 Å². The summed E-state index contributed by atoms with van der Waals surface area (Å²) in [6.45, 7) is 6.86. The van der Waals surface area contributed by atoms with Crippen LogP contribution >= 0.6 is 27.7 Å². The molecule has 1 amide bonds. The Morgan fingerprint density at radius 2 is 2.08 bits per heavy atom. The number of rotatable bonds is 5. The van der Waals surface area contributed by atoms with Crippen LogP contribution in [0.2, 0.25) is 0 Å². The molecule has 0 aliphatic carbocycles. The molecule has 26 heavy (non-hydrogen) atoms. The summed E-state index contributed by atoms with van der Waals surface area (Å²) in [5.41, 5.74) is 1.90. The molecule has 7 nitrogen and oxygen atoms in total. The summed E-state index contributed by atoms with van der Waals surface area (Å²) in [5.74, 6) is 0.736. The van der Waals surface area contributed by atoms with Crippen molar-refractivity contribution >= 4 is 45.2 Å². The van der Waals surface area contributed by atoms with Crippen molar-refractivity contribution < 1.29 is 9.53 Å². The minimum absolute atomic E-state index is 0.0736. The Hall–Kier alpha value is -1.58. The van der Waals surface area contributed by atoms with Gasteiger partial charge < -0.3 is 15.0 Å². The maximum atomic E-state index is 12.5. The van der Waals surface area contributed by atoms with E-state index < -0.39 is 0 Å². The fourth-order valence-corrected chi connectivity index (χ4v) is 4.02. The molecule has 1 unspecified atom stereocenters. The van der Waals surface area contributed by atoms with Gasteiger partial charge in [0.2, 0.25) is 11.9 Å². The summed E-state index contributed by atoms with van der Waals surface area (Å²) >= 11 is 4.88. The Kier molecular flexibility index (Phi) is 6.20. The van der Waals surface area contributed by atoms with Crippen molar-refractivity contribution in [3.63, 3.8) is 0 Å². The van der Waals surface area contributed by atoms with Crippen molar-refractivity contribution in [3.8, 4) is 0 Å². The SMILES string of the molecule is Cc1ccc(NC(=O)C(C)Sc2nnc(N3CCOCC3)n2C)c(Br)c1. The minimum Gasteiger partial charge on any atom is -0.378 e. The van der Waals surface area contributed by atoms with Crippen LogP contribution in [0, 0.1) is 6.92 Å². The van der Waals surface area contributed by atoms with Gasteiger partial charge >= 0.3 is 0 Å². The van der Waals surface area contributed by atoms with Crippen LogP contribution in [0.1, 0.15) is 12.5 Å². The van der Waals surface area contributed by atoms with Crippen molar-refractivity contribution in [1.29, 1.82) is 0 Å². The third-order valence-corrected chi connectivity index (χ3v) is 5.93. The fraction of sp³-hybridized carbons (Fsp3) is 0.471. The number of carbonyl (C=O) groups is 1. The number of morpholine rings is 1. The van der Waals surface area contributed by atoms with Crippen molar-refractivity contribution in [1.82, 2.24) is 14.8 Å². The van der Waals surface area contributed by atoms with E-state index in [1.165, 1.54) is 11.8 Å². The minimum atomic E-state index is -0.302. The molecular formula is C17H22BrN5O2S. The molecule has 1 aromatic carbocycles. The van der Waals surface area contributed by atoms with Crippen LogP contribution in [0.3, 0.4) is 0 Å². The van der Waals surface area contributed by atoms with Gasteiger partial charge in [-0.05, 0) is 47.5 Å². The Morgan fingerprint density at radius 1 is 1.35 bits per heavy atom. The summed E-state index contributed by atoms with van der Waals surface area (Å²) in [7, 11) is 1.92. The lowest BCUT2D eigenvalue weighted by Gasteiger charge is -2.27. The molecule has 0 bridgehead atoms. The molecule has 3 rings (SSSR count). The van der Waals surface area contributed by atoms with E-state index in [-0.39, 0.29) is 11.2 Å². The van der Waals surface area contributed by atoms with Gasteiger partial charge in [-0.2, -0.15) is 0 Å². The predicted molar refractivity (Wildman–Crippen MR) is 107 cm³/mol. The van der Waals surface area contributed by atoms with E-state index in [1.54, 1.807) is 0 Å². The van der Waals surface area contributed by atoms with Crippen LogP contribution in [0.4, 0.5) is 11.6 Å². The molecule has 1 saturated heterocycles. The number of carbonyl (C=O) groups excluding carboxylic acids is 1. The highest BCUT2D eigenvalue weighted by atomic mass is 79.9. The van der Waals surface area contributed by atoms with Crippen molar-refractivity contribution in [2.24, 2.45) is 7.05 Å². The Bertz CT molecular complexity index is 791. The van der Waals surface area contributed by atoms with Crippen molar-refractivity contribution in [2.45, 2.75) is 24.3 Å². The highest BCUT2D eigenvalue weighted by Crippen LogP contribution is 2.27. The van der Waals surface area contributed by atoms with E-state index in [1.807, 2.05) is 43.7 Å². The van der Waals surface area contributed by atoms with Crippen molar-refractivity contribution in [3.05, 3.63) is 28.2 Å². The number of ether oxygens (including phenoxy) is 1. The molecule has 1 fully saturated rings. The Morgan fingerprint density at radius 3 is 2.77 bits per heavy atom. The quantitative estimate of drug-likeness (QED) is 0.722. The standard InChI is InChI=1S/C17H22BrN5O2S/c1-11-4-5-14(13(18)10-11)19-15(24)12(2)26-17-21-20-16(22(17)3)23-6-8-25-9-7-23/h4-5,10,12H,6-9H2,1-3H3,(H,19,24). The second kappa shape index (κ2) is 8.41. The van der Waals surface area contributed by atoms with Gasteiger partial charge in [-0.25, -0.2) is 0 Å². The lowest BCUT2D eigenvalue weighted by atomic mass is 10.2. The van der Waals surface area contributed by atoms with E-state index in [4.69, 9.17) is 4.74 Å². The summed E-state index contributed by atoms with van der Waals surface area (Å²) < 4.78 is 8.18. The maximum absolute atomic E-state index is 12.5. The van der Waals surface area contributed by atoms with E-state index >= 15 is 0 Å². The molecule has 0 spiro atoms. The zero-order valence-corrected chi connectivity index (χ0v) is 17.4. The predicted octanol–water partition coefficient (Wildman–Crippen LogP) is 2.84. The average molecular weight is 440 g/mol. The molecule has 1 aromatic heterocycles. The number of benzene rings is 1. The van der Waals surface area contributed by atoms with Gasteiger partial charge in [-0.1, -0.05) is 17.8 Å². The van der Waals surface area contributed by atoms with E-state index in [2.05, 4.69) is 36.3 Å². The molecule has 1 aliphatic rings. The molecule has 1 atom stereocenters. The number of nitrogens with zero attached hydrogens (tertiary/aromatic N) is 4. The molecule has 1 aliphatic heterocycles. The first-order valence-corrected chi connectivity index (χ1v) is 10.1. The van der Waals surface area contributed by atoms with Gasteiger partial charge in [0.25, 0.3) is 0 Å². The number of halogens is 1. The van der Waals surface area contributed by atoms with E-state index in [9.17, 15) is 4.79 Å². The number of thioether (sulfide) groups is 1. The van der Waals surface area contributed by atoms with Crippen LogP contribution in [-0.4, -0.2) is 52.2 Å². The zero-order chi connectivity index (χ0) is 18.7. The highest BCUT2D eigenvalue weighted by Gasteiger charge is 2.22. The van der Waals surface area contributed by atoms with Gasteiger partial charge in [0.1, 0.15) is 0 Å².